The van der Waals surface area contributed by atoms with Crippen LogP contribution in [-0.4, -0.2) is 43.9 Å². The molecule has 1 rings (SSSR count). The molecule has 118 valence electrons. The number of nitrogens with zero attached hydrogens (tertiary/aromatic N) is 1. The normalized spacial score (nSPS) is 15.4. The fourth-order valence-corrected chi connectivity index (χ4v) is 2.12. The summed E-state index contributed by atoms with van der Waals surface area (Å²) in [6.07, 6.45) is 9.24. The van der Waals surface area contributed by atoms with Gasteiger partial charge in [0.15, 0.2) is 0 Å². The summed E-state index contributed by atoms with van der Waals surface area (Å²) in [5, 5.41) is 0. The first-order valence-electron chi connectivity index (χ1n) is 5.78. The lowest BCUT2D eigenvalue weighted by Gasteiger charge is -2.21. The molecule has 0 fully saturated rings. The molecule has 1 heterocycles. The first-order valence-corrected chi connectivity index (χ1v) is 8.51. The molecule has 20 heavy (non-hydrogen) atoms. The quantitative estimate of drug-likeness (QED) is 0.721. The van der Waals surface area contributed by atoms with Crippen molar-refractivity contribution in [2.75, 3.05) is 13.1 Å². The third-order valence-electron chi connectivity index (χ3n) is 2.17. The minimum atomic E-state index is -5.12. The molecule has 8 nitrogen and oxygen atoms in total. The zero-order chi connectivity index (χ0) is 15.8. The van der Waals surface area contributed by atoms with Crippen LogP contribution < -0.4 is 0 Å². The second-order valence-electron chi connectivity index (χ2n) is 4.04. The van der Waals surface area contributed by atoms with Crippen LogP contribution >= 0.6 is 0 Å². The molecular weight excluding hydrogens is 310 g/mol. The maximum Gasteiger partial charge on any atom is 0.413 e. The van der Waals surface area contributed by atoms with E-state index in [0.29, 0.717) is 0 Å². The molecule has 0 atom stereocenters. The zero-order valence-electron chi connectivity index (χ0n) is 11.3. The Labute approximate surface area is 119 Å². The topological polar surface area (TPSA) is 121 Å². The molecule has 0 unspecified atom stereocenters. The molecule has 0 aromatic heterocycles. The molecule has 0 aromatic rings. The largest absolute Gasteiger partial charge is 0.413 e. The third kappa shape index (κ3) is 12.1. The molecule has 0 spiro atoms. The fraction of sp³-hybridized carbons (Fsp3) is 0.600. The standard InChI is InChI=1S/C10H17N.H2O7S2/c1-3-4-7-11-8-5-10(2)6-9-11;1-8(2,3)7-9(4,5)6/h5-6,8H,3-4,7,9H2,1-2H3;(H,1,2,3)(H,4,5,6). The SMILES string of the molecule is CCCCN1C=CC(C)=CC1.O=S(=O)(O)OS(=O)(=O)O. The summed E-state index contributed by atoms with van der Waals surface area (Å²) < 4.78 is 55.6. The smallest absolute Gasteiger partial charge is 0.374 e. The third-order valence-corrected chi connectivity index (χ3v) is 3.54. The van der Waals surface area contributed by atoms with E-state index in [9.17, 15) is 16.8 Å². The van der Waals surface area contributed by atoms with Crippen LogP contribution in [0.5, 0.6) is 0 Å². The Kier molecular flexibility index (Phi) is 7.98. The van der Waals surface area contributed by atoms with Gasteiger partial charge < -0.3 is 4.90 Å². The number of hydrogen-bond acceptors (Lipinski definition) is 6. The first kappa shape index (κ1) is 19.1. The van der Waals surface area contributed by atoms with E-state index in [1.807, 2.05) is 0 Å². The van der Waals surface area contributed by atoms with Gasteiger partial charge in [0.25, 0.3) is 0 Å². The first-order chi connectivity index (χ1) is 9.03. The summed E-state index contributed by atoms with van der Waals surface area (Å²) >= 11 is 0. The second kappa shape index (κ2) is 8.37. The van der Waals surface area contributed by atoms with E-state index in [0.717, 1.165) is 6.54 Å². The molecule has 0 aromatic carbocycles. The van der Waals surface area contributed by atoms with Crippen molar-refractivity contribution in [2.45, 2.75) is 26.7 Å². The highest BCUT2D eigenvalue weighted by atomic mass is 32.3. The molecule has 2 N–H and O–H groups in total. The molecule has 0 bridgehead atoms. The van der Waals surface area contributed by atoms with Gasteiger partial charge in [0, 0.05) is 13.1 Å². The maximum atomic E-state index is 9.44. The Morgan fingerprint density at radius 2 is 1.80 bits per heavy atom. The van der Waals surface area contributed by atoms with Gasteiger partial charge >= 0.3 is 20.8 Å². The van der Waals surface area contributed by atoms with Gasteiger partial charge in [0.05, 0.1) is 0 Å². The molecule has 1 aliphatic heterocycles. The molecular formula is C10H19NO7S2. The van der Waals surface area contributed by atoms with Gasteiger partial charge in [-0.1, -0.05) is 25.0 Å². The van der Waals surface area contributed by atoms with Crippen molar-refractivity contribution in [3.63, 3.8) is 0 Å². The van der Waals surface area contributed by atoms with E-state index in [1.165, 1.54) is 25.0 Å². The van der Waals surface area contributed by atoms with Crippen LogP contribution in [0.15, 0.2) is 23.9 Å². The highest BCUT2D eigenvalue weighted by Crippen LogP contribution is 2.06. The van der Waals surface area contributed by atoms with Crippen LogP contribution in [-0.2, 0) is 24.4 Å². The summed E-state index contributed by atoms with van der Waals surface area (Å²) in [4.78, 5) is 2.36. The van der Waals surface area contributed by atoms with Gasteiger partial charge in [-0.25, -0.2) is 0 Å². The number of allylic oxidation sites excluding steroid dienone is 2. The van der Waals surface area contributed by atoms with E-state index < -0.39 is 20.8 Å². The van der Waals surface area contributed by atoms with Gasteiger partial charge in [-0.05, 0) is 25.6 Å². The lowest BCUT2D eigenvalue weighted by molar-refractivity contribution is 0.344. The fourth-order valence-electron chi connectivity index (χ4n) is 1.25. The van der Waals surface area contributed by atoms with E-state index in [2.05, 4.69) is 40.7 Å². The Morgan fingerprint density at radius 3 is 2.10 bits per heavy atom. The molecule has 0 saturated carbocycles. The molecule has 0 radical (unpaired) electrons. The van der Waals surface area contributed by atoms with Gasteiger partial charge in [-0.15, -0.1) is 3.63 Å². The monoisotopic (exact) mass is 329 g/mol. The Hall–Kier alpha value is -0.940. The van der Waals surface area contributed by atoms with Crippen molar-refractivity contribution >= 4 is 20.8 Å². The van der Waals surface area contributed by atoms with E-state index in [1.54, 1.807) is 0 Å². The minimum absolute atomic E-state index is 1.10. The van der Waals surface area contributed by atoms with Crippen molar-refractivity contribution in [3.8, 4) is 0 Å². The van der Waals surface area contributed by atoms with Crippen molar-refractivity contribution < 1.29 is 29.6 Å². The maximum absolute atomic E-state index is 9.44. The molecule has 10 heteroatoms. The summed E-state index contributed by atoms with van der Waals surface area (Å²) in [6, 6.07) is 0. The average Bonchev–Trinajstić information content (AvgIpc) is 2.24. The number of rotatable bonds is 5. The minimum Gasteiger partial charge on any atom is -0.374 e. The van der Waals surface area contributed by atoms with E-state index >= 15 is 0 Å². The number of hydrogen-bond donors (Lipinski definition) is 2. The average molecular weight is 329 g/mol. The second-order valence-corrected chi connectivity index (χ2v) is 6.29. The van der Waals surface area contributed by atoms with Gasteiger partial charge in [-0.3, -0.25) is 9.11 Å². The van der Waals surface area contributed by atoms with E-state index in [-0.39, 0.29) is 0 Å². The van der Waals surface area contributed by atoms with Crippen molar-refractivity contribution in [2.24, 2.45) is 0 Å². The highest BCUT2D eigenvalue weighted by molar-refractivity contribution is 7.94. The van der Waals surface area contributed by atoms with Crippen LogP contribution in [0.2, 0.25) is 0 Å². The summed E-state index contributed by atoms with van der Waals surface area (Å²) in [5.41, 5.74) is 1.39. The van der Waals surface area contributed by atoms with Gasteiger partial charge in [0.2, 0.25) is 0 Å². The van der Waals surface area contributed by atoms with Crippen LogP contribution in [0.3, 0.4) is 0 Å². The zero-order valence-corrected chi connectivity index (χ0v) is 12.9. The Balaban J connectivity index is 0.000000370. The summed E-state index contributed by atoms with van der Waals surface area (Å²) in [6.45, 7) is 6.68. The molecule has 0 saturated heterocycles. The van der Waals surface area contributed by atoms with E-state index in [4.69, 9.17) is 9.11 Å². The van der Waals surface area contributed by atoms with Crippen LogP contribution in [0.25, 0.3) is 0 Å². The van der Waals surface area contributed by atoms with Gasteiger partial charge in [-0.2, -0.15) is 16.8 Å². The van der Waals surface area contributed by atoms with Crippen LogP contribution in [0, 0.1) is 0 Å². The van der Waals surface area contributed by atoms with Crippen molar-refractivity contribution in [1.29, 1.82) is 0 Å². The van der Waals surface area contributed by atoms with Gasteiger partial charge in [0.1, 0.15) is 0 Å². The Morgan fingerprint density at radius 1 is 1.25 bits per heavy atom. The van der Waals surface area contributed by atoms with Crippen LogP contribution in [0.1, 0.15) is 26.7 Å². The predicted octanol–water partition coefficient (Wildman–Crippen LogP) is 1.17. The molecule has 0 aliphatic carbocycles. The summed E-state index contributed by atoms with van der Waals surface area (Å²) in [5.74, 6) is 0. The highest BCUT2D eigenvalue weighted by Gasteiger charge is 2.15. The molecule has 1 aliphatic rings. The lowest BCUT2D eigenvalue weighted by atomic mass is 10.2. The van der Waals surface area contributed by atoms with Crippen molar-refractivity contribution in [3.05, 3.63) is 23.9 Å². The van der Waals surface area contributed by atoms with Crippen LogP contribution in [0.4, 0.5) is 0 Å². The predicted molar refractivity (Wildman–Crippen MR) is 73.6 cm³/mol. The summed E-state index contributed by atoms with van der Waals surface area (Å²) in [7, 11) is -10.2. The Bertz CT molecular complexity index is 518. The number of unbranched alkanes of at least 4 members (excludes halogenated alkanes) is 1. The molecule has 0 amide bonds. The van der Waals surface area contributed by atoms with Crippen molar-refractivity contribution in [1.82, 2.24) is 4.90 Å². The lowest BCUT2D eigenvalue weighted by Crippen LogP contribution is -2.20.